The summed E-state index contributed by atoms with van der Waals surface area (Å²) in [6.07, 6.45) is 0. The number of carbonyl (C=O) groups is 1. The number of carbonyl (C=O) groups excluding carboxylic acids is 1. The molecule has 0 heterocycles. The summed E-state index contributed by atoms with van der Waals surface area (Å²) >= 11 is 3.46. The van der Waals surface area contributed by atoms with Crippen molar-refractivity contribution in [3.8, 4) is 5.75 Å². The van der Waals surface area contributed by atoms with Gasteiger partial charge in [0.05, 0.1) is 18.1 Å². The molecule has 4 nitrogen and oxygen atoms in total. The highest BCUT2D eigenvalue weighted by atomic mass is 79.9. The van der Waals surface area contributed by atoms with E-state index in [4.69, 9.17) is 4.74 Å². The van der Waals surface area contributed by atoms with Gasteiger partial charge < -0.3 is 15.0 Å². The molecule has 0 aliphatic carbocycles. The van der Waals surface area contributed by atoms with Crippen molar-refractivity contribution >= 4 is 21.8 Å². The average Bonchev–Trinajstić information content (AvgIpc) is 2.43. The van der Waals surface area contributed by atoms with Crippen molar-refractivity contribution in [3.05, 3.63) is 28.2 Å². The number of hydrogen-bond donors (Lipinski definition) is 1. The van der Waals surface area contributed by atoms with E-state index < -0.39 is 0 Å². The van der Waals surface area contributed by atoms with Gasteiger partial charge in [-0.1, -0.05) is 6.07 Å². The van der Waals surface area contributed by atoms with Crippen molar-refractivity contribution in [2.24, 2.45) is 0 Å². The smallest absolute Gasteiger partial charge is 0.236 e. The van der Waals surface area contributed by atoms with E-state index in [1.165, 1.54) is 0 Å². The Morgan fingerprint density at radius 2 is 2.21 bits per heavy atom. The number of likely N-dealkylation sites (N-methyl/N-ethyl adjacent to an activating group) is 1. The number of halogens is 1. The second-order valence-electron chi connectivity index (χ2n) is 4.40. The number of nitrogens with one attached hydrogen (secondary N) is 1. The third-order valence-electron chi connectivity index (χ3n) is 3.14. The second-order valence-corrected chi connectivity index (χ2v) is 5.26. The minimum Gasteiger partial charge on any atom is -0.496 e. The standard InChI is InChI=1S/C14H21BrN2O2/c1-5-17(3)14(18)9-16-10(2)11-6-7-13(19-4)12(15)8-11/h6-8,10,16H,5,9H2,1-4H3. The SMILES string of the molecule is CCN(C)C(=O)CNC(C)c1ccc(OC)c(Br)c1. The Balaban J connectivity index is 2.61. The summed E-state index contributed by atoms with van der Waals surface area (Å²) in [5.41, 5.74) is 1.11. The number of nitrogens with zero attached hydrogens (tertiary/aromatic N) is 1. The van der Waals surface area contributed by atoms with Gasteiger partial charge in [-0.3, -0.25) is 4.79 Å². The molecule has 0 fully saturated rings. The summed E-state index contributed by atoms with van der Waals surface area (Å²) < 4.78 is 6.11. The molecule has 0 bridgehead atoms. The number of benzene rings is 1. The summed E-state index contributed by atoms with van der Waals surface area (Å²) in [6, 6.07) is 6.02. The van der Waals surface area contributed by atoms with Gasteiger partial charge in [-0.15, -0.1) is 0 Å². The highest BCUT2D eigenvalue weighted by molar-refractivity contribution is 9.10. The van der Waals surface area contributed by atoms with Crippen LogP contribution in [0.1, 0.15) is 25.5 Å². The third kappa shape index (κ3) is 4.51. The molecule has 19 heavy (non-hydrogen) atoms. The molecule has 1 rings (SSSR count). The van der Waals surface area contributed by atoms with Crippen LogP contribution in [-0.2, 0) is 4.79 Å². The molecule has 0 aromatic heterocycles. The fraction of sp³-hybridized carbons (Fsp3) is 0.500. The maximum atomic E-state index is 11.7. The first-order chi connectivity index (χ1) is 8.99. The first kappa shape index (κ1) is 16.0. The largest absolute Gasteiger partial charge is 0.496 e. The molecule has 5 heteroatoms. The summed E-state index contributed by atoms with van der Waals surface area (Å²) in [5.74, 6) is 0.902. The molecule has 106 valence electrons. The Labute approximate surface area is 123 Å². The average molecular weight is 329 g/mol. The van der Waals surface area contributed by atoms with Crippen LogP contribution in [0.5, 0.6) is 5.75 Å². The van der Waals surface area contributed by atoms with E-state index in [9.17, 15) is 4.79 Å². The van der Waals surface area contributed by atoms with Crippen LogP contribution in [0.3, 0.4) is 0 Å². The van der Waals surface area contributed by atoms with Gasteiger partial charge in [0, 0.05) is 19.6 Å². The van der Waals surface area contributed by atoms with E-state index >= 15 is 0 Å². The predicted molar refractivity (Wildman–Crippen MR) is 80.4 cm³/mol. The van der Waals surface area contributed by atoms with Gasteiger partial charge in [0.2, 0.25) is 5.91 Å². The lowest BCUT2D eigenvalue weighted by Gasteiger charge is -2.18. The molecular formula is C14H21BrN2O2. The normalized spacial score (nSPS) is 12.1. The highest BCUT2D eigenvalue weighted by Gasteiger charge is 2.11. The third-order valence-corrected chi connectivity index (χ3v) is 3.76. The lowest BCUT2D eigenvalue weighted by atomic mass is 10.1. The van der Waals surface area contributed by atoms with Gasteiger partial charge in [0.1, 0.15) is 5.75 Å². The number of amides is 1. The van der Waals surface area contributed by atoms with Gasteiger partial charge in [0.25, 0.3) is 0 Å². The van der Waals surface area contributed by atoms with E-state index in [0.29, 0.717) is 6.54 Å². The Hall–Kier alpha value is -1.07. The topological polar surface area (TPSA) is 41.6 Å². The quantitative estimate of drug-likeness (QED) is 0.872. The number of methoxy groups -OCH3 is 1. The zero-order valence-electron chi connectivity index (χ0n) is 11.9. The van der Waals surface area contributed by atoms with E-state index in [2.05, 4.69) is 21.2 Å². The molecule has 1 N–H and O–H groups in total. The van der Waals surface area contributed by atoms with Crippen LogP contribution in [0.2, 0.25) is 0 Å². The van der Waals surface area contributed by atoms with Crippen molar-refractivity contribution in [1.82, 2.24) is 10.2 Å². The van der Waals surface area contributed by atoms with Crippen LogP contribution in [0.25, 0.3) is 0 Å². The molecule has 0 aliphatic heterocycles. The Morgan fingerprint density at radius 3 is 2.74 bits per heavy atom. The fourth-order valence-electron chi connectivity index (χ4n) is 1.62. The van der Waals surface area contributed by atoms with Crippen LogP contribution >= 0.6 is 15.9 Å². The van der Waals surface area contributed by atoms with Gasteiger partial charge in [0.15, 0.2) is 0 Å². The number of rotatable bonds is 6. The Morgan fingerprint density at radius 1 is 1.53 bits per heavy atom. The molecule has 1 aromatic rings. The Kier molecular flexibility index (Phi) is 6.31. The zero-order valence-corrected chi connectivity index (χ0v) is 13.5. The first-order valence-electron chi connectivity index (χ1n) is 6.30. The second kappa shape index (κ2) is 7.50. The molecule has 0 radical (unpaired) electrons. The molecule has 0 saturated carbocycles. The summed E-state index contributed by atoms with van der Waals surface area (Å²) in [7, 11) is 3.44. The lowest BCUT2D eigenvalue weighted by molar-refractivity contribution is -0.128. The maximum Gasteiger partial charge on any atom is 0.236 e. The number of hydrogen-bond acceptors (Lipinski definition) is 3. The van der Waals surface area contributed by atoms with Crippen molar-refractivity contribution in [2.45, 2.75) is 19.9 Å². The minimum absolute atomic E-state index is 0.0990. The minimum atomic E-state index is 0.0990. The van der Waals surface area contributed by atoms with Crippen LogP contribution in [0, 0.1) is 0 Å². The molecule has 1 aromatic carbocycles. The van der Waals surface area contributed by atoms with Crippen molar-refractivity contribution in [1.29, 1.82) is 0 Å². The molecule has 1 amide bonds. The molecule has 0 spiro atoms. The van der Waals surface area contributed by atoms with Gasteiger partial charge in [-0.25, -0.2) is 0 Å². The van der Waals surface area contributed by atoms with E-state index in [1.54, 1.807) is 19.1 Å². The van der Waals surface area contributed by atoms with Crippen molar-refractivity contribution in [3.63, 3.8) is 0 Å². The highest BCUT2D eigenvalue weighted by Crippen LogP contribution is 2.27. The van der Waals surface area contributed by atoms with E-state index in [1.807, 2.05) is 32.0 Å². The van der Waals surface area contributed by atoms with Crippen LogP contribution in [0.15, 0.2) is 22.7 Å². The predicted octanol–water partition coefficient (Wildman–Crippen LogP) is 2.59. The van der Waals surface area contributed by atoms with E-state index in [0.717, 1.165) is 22.3 Å². The van der Waals surface area contributed by atoms with Crippen LogP contribution in [0.4, 0.5) is 0 Å². The summed E-state index contributed by atoms with van der Waals surface area (Å²) in [4.78, 5) is 13.4. The zero-order chi connectivity index (χ0) is 14.4. The molecule has 1 unspecified atom stereocenters. The van der Waals surface area contributed by atoms with Crippen LogP contribution in [-0.4, -0.2) is 38.1 Å². The van der Waals surface area contributed by atoms with E-state index in [-0.39, 0.29) is 11.9 Å². The fourth-order valence-corrected chi connectivity index (χ4v) is 2.18. The van der Waals surface area contributed by atoms with Crippen molar-refractivity contribution < 1.29 is 9.53 Å². The van der Waals surface area contributed by atoms with Gasteiger partial charge in [-0.05, 0) is 47.5 Å². The lowest BCUT2D eigenvalue weighted by Crippen LogP contribution is -2.36. The summed E-state index contributed by atoms with van der Waals surface area (Å²) in [5, 5.41) is 3.23. The molecule has 0 aliphatic rings. The maximum absolute atomic E-state index is 11.7. The number of ether oxygens (including phenoxy) is 1. The molecule has 1 atom stereocenters. The van der Waals surface area contributed by atoms with Crippen LogP contribution < -0.4 is 10.1 Å². The molecule has 0 saturated heterocycles. The first-order valence-corrected chi connectivity index (χ1v) is 7.09. The van der Waals surface area contributed by atoms with Gasteiger partial charge in [-0.2, -0.15) is 0 Å². The molecular weight excluding hydrogens is 308 g/mol. The Bertz CT molecular complexity index is 437. The van der Waals surface area contributed by atoms with Gasteiger partial charge >= 0.3 is 0 Å². The monoisotopic (exact) mass is 328 g/mol. The van der Waals surface area contributed by atoms with Crippen molar-refractivity contribution in [2.75, 3.05) is 27.2 Å². The summed E-state index contributed by atoms with van der Waals surface area (Å²) in [6.45, 7) is 5.06.